The Kier molecular flexibility index (Phi) is 6.30. The molecule has 5 nitrogen and oxygen atoms in total. The number of imide groups is 1. The van der Waals surface area contributed by atoms with Crippen molar-refractivity contribution in [3.63, 3.8) is 0 Å². The largest absolute Gasteiger partial charge is 0.324 e. The fourth-order valence-corrected chi connectivity index (χ4v) is 8.40. The zero-order valence-electron chi connectivity index (χ0n) is 22.9. The molecule has 4 aromatic rings. The number of nitrogens with zero attached hydrogens (tertiary/aromatic N) is 1. The Bertz CT molecular complexity index is 1630. The van der Waals surface area contributed by atoms with E-state index in [0.717, 1.165) is 38.3 Å². The van der Waals surface area contributed by atoms with Gasteiger partial charge in [-0.3, -0.25) is 19.3 Å². The van der Waals surface area contributed by atoms with Crippen molar-refractivity contribution >= 4 is 46.6 Å². The lowest BCUT2D eigenvalue weighted by atomic mass is 9.54. The van der Waals surface area contributed by atoms with Crippen molar-refractivity contribution in [2.75, 3.05) is 5.32 Å². The summed E-state index contributed by atoms with van der Waals surface area (Å²) in [5.74, 6) is -3.33. The van der Waals surface area contributed by atoms with E-state index in [4.69, 9.17) is 23.2 Å². The van der Waals surface area contributed by atoms with E-state index < -0.39 is 45.3 Å². The number of hydrogen-bond donors (Lipinski definition) is 1. The molecule has 0 radical (unpaired) electrons. The quantitative estimate of drug-likeness (QED) is 0.208. The molecule has 2 bridgehead atoms. The zero-order valence-corrected chi connectivity index (χ0v) is 24.4. The van der Waals surface area contributed by atoms with Gasteiger partial charge in [-0.15, -0.1) is 23.2 Å². The monoisotopic (exact) mass is 594 g/mol. The van der Waals surface area contributed by atoms with Gasteiger partial charge >= 0.3 is 0 Å². The van der Waals surface area contributed by atoms with Crippen molar-refractivity contribution in [2.45, 2.75) is 35.6 Å². The van der Waals surface area contributed by atoms with Gasteiger partial charge in [-0.05, 0) is 45.9 Å². The number of halogens is 2. The maximum Gasteiger partial charge on any atom is 0.248 e. The van der Waals surface area contributed by atoms with Crippen LogP contribution < -0.4 is 5.32 Å². The fourth-order valence-electron chi connectivity index (χ4n) is 7.30. The zero-order chi connectivity index (χ0) is 29.2. The fraction of sp³-hybridized carbons (Fsp3) is 0.229. The Morgan fingerprint density at radius 3 is 1.69 bits per heavy atom. The molecule has 42 heavy (non-hydrogen) atoms. The number of benzene rings is 4. The normalized spacial score (nSPS) is 25.9. The highest BCUT2D eigenvalue weighted by atomic mass is 35.5. The van der Waals surface area contributed by atoms with Crippen molar-refractivity contribution in [2.24, 2.45) is 11.8 Å². The number of amides is 3. The molecular formula is C35H28Cl2N2O3. The minimum Gasteiger partial charge on any atom is -0.324 e. The molecule has 0 aromatic heterocycles. The smallest absolute Gasteiger partial charge is 0.248 e. The maximum atomic E-state index is 14.6. The first-order valence-corrected chi connectivity index (χ1v) is 14.9. The van der Waals surface area contributed by atoms with Gasteiger partial charge in [-0.25, -0.2) is 0 Å². The second-order valence-corrected chi connectivity index (χ2v) is 12.4. The highest BCUT2D eigenvalue weighted by Crippen LogP contribution is 2.69. The molecule has 7 heteroatoms. The number of para-hydroxylation sites is 1. The van der Waals surface area contributed by atoms with E-state index >= 15 is 0 Å². The second-order valence-electron chi connectivity index (χ2n) is 11.2. The molecule has 0 unspecified atom stereocenters. The molecule has 1 N–H and O–H groups in total. The minimum absolute atomic E-state index is 0.155. The van der Waals surface area contributed by atoms with Crippen molar-refractivity contribution in [3.8, 4) is 0 Å². The summed E-state index contributed by atoms with van der Waals surface area (Å²) in [6.45, 7) is 2.01. The van der Waals surface area contributed by atoms with Gasteiger partial charge in [0, 0.05) is 12.1 Å². The van der Waals surface area contributed by atoms with Crippen LogP contribution >= 0.6 is 23.2 Å². The molecule has 8 rings (SSSR count). The first-order chi connectivity index (χ1) is 20.3. The molecule has 0 spiro atoms. The van der Waals surface area contributed by atoms with Gasteiger partial charge in [-0.1, -0.05) is 104 Å². The topological polar surface area (TPSA) is 66.5 Å². The summed E-state index contributed by atoms with van der Waals surface area (Å²) >= 11 is 15.2. The SMILES string of the molecule is CCc1ccccc1NC(=O)[C@H](Cc1ccccc1)N1C(=O)[C@@H]2[C@H](C1=O)C1(Cl)c3ccccc3C2(Cl)c2ccccc21. The average molecular weight is 596 g/mol. The average Bonchev–Trinajstić information content (AvgIpc) is 3.30. The molecular weight excluding hydrogens is 567 g/mol. The minimum atomic E-state index is -1.31. The number of rotatable bonds is 6. The second kappa shape index (κ2) is 9.82. The van der Waals surface area contributed by atoms with Gasteiger partial charge < -0.3 is 5.32 Å². The van der Waals surface area contributed by atoms with Crippen molar-refractivity contribution in [1.82, 2.24) is 4.90 Å². The Hall–Kier alpha value is -3.93. The lowest BCUT2D eigenvalue weighted by molar-refractivity contribution is -0.146. The summed E-state index contributed by atoms with van der Waals surface area (Å²) in [7, 11) is 0. The molecule has 1 saturated heterocycles. The maximum absolute atomic E-state index is 14.6. The van der Waals surface area contributed by atoms with Crippen molar-refractivity contribution in [3.05, 3.63) is 137 Å². The van der Waals surface area contributed by atoms with Crippen molar-refractivity contribution in [1.29, 1.82) is 0 Å². The molecule has 4 aromatic carbocycles. The molecule has 1 aliphatic heterocycles. The summed E-state index contributed by atoms with van der Waals surface area (Å²) in [5, 5.41) is 3.02. The Balaban J connectivity index is 1.37. The number of hydrogen-bond acceptors (Lipinski definition) is 3. The third-order valence-corrected chi connectivity index (χ3v) is 10.4. The highest BCUT2D eigenvalue weighted by molar-refractivity contribution is 6.36. The third kappa shape index (κ3) is 3.60. The molecule has 1 heterocycles. The Labute approximate surface area is 254 Å². The van der Waals surface area contributed by atoms with Gasteiger partial charge in [0.25, 0.3) is 0 Å². The summed E-state index contributed by atoms with van der Waals surface area (Å²) in [5.41, 5.74) is 5.35. The number of nitrogens with one attached hydrogen (secondary N) is 1. The third-order valence-electron chi connectivity index (χ3n) is 9.16. The lowest BCUT2D eigenvalue weighted by Gasteiger charge is -2.54. The Morgan fingerprint density at radius 1 is 0.738 bits per heavy atom. The first-order valence-electron chi connectivity index (χ1n) is 14.2. The van der Waals surface area contributed by atoms with Gasteiger partial charge in [0.1, 0.15) is 15.8 Å². The van der Waals surface area contributed by atoms with Crippen LogP contribution in [0.2, 0.25) is 0 Å². The van der Waals surface area contributed by atoms with E-state index in [1.54, 1.807) is 0 Å². The van der Waals surface area contributed by atoms with Crippen LogP contribution in [0.4, 0.5) is 5.69 Å². The standard InChI is InChI=1S/C35H28Cl2N2O3/c1-2-22-14-6-11-19-27(22)38-31(40)28(20-21-12-4-3-5-13-21)39-32(41)29-30(33(39)42)35(37)24-16-8-7-15-23(24)34(29,36)25-17-9-10-18-26(25)35/h3-19,28-30H,2,20H2,1H3,(H,38,40)/t28-,29-,30+,34?,35?/m0/s1. The van der Waals surface area contributed by atoms with Crippen LogP contribution in [-0.4, -0.2) is 28.7 Å². The van der Waals surface area contributed by atoms with Crippen LogP contribution in [0.3, 0.4) is 0 Å². The van der Waals surface area contributed by atoms with E-state index in [1.165, 1.54) is 0 Å². The number of carbonyl (C=O) groups excluding carboxylic acids is 3. The number of likely N-dealkylation sites (tertiary alicyclic amines) is 1. The molecule has 3 atom stereocenters. The summed E-state index contributed by atoms with van der Waals surface area (Å²) in [4.78, 5) is 41.9. The number of aryl methyl sites for hydroxylation is 1. The molecule has 0 saturated carbocycles. The van der Waals surface area contributed by atoms with E-state index in [1.807, 2.05) is 110 Å². The number of carbonyl (C=O) groups is 3. The summed E-state index contributed by atoms with van der Waals surface area (Å²) in [6.07, 6.45) is 0.869. The lowest BCUT2D eigenvalue weighted by Crippen LogP contribution is -2.57. The van der Waals surface area contributed by atoms with Crippen LogP contribution in [0, 0.1) is 11.8 Å². The van der Waals surface area contributed by atoms with E-state index in [0.29, 0.717) is 12.1 Å². The Morgan fingerprint density at radius 2 is 1.19 bits per heavy atom. The molecule has 210 valence electrons. The van der Waals surface area contributed by atoms with Gasteiger partial charge in [0.2, 0.25) is 17.7 Å². The molecule has 4 aliphatic rings. The van der Waals surface area contributed by atoms with Gasteiger partial charge in [0.05, 0.1) is 11.8 Å². The van der Waals surface area contributed by atoms with E-state index in [9.17, 15) is 14.4 Å². The summed E-state index contributed by atoms with van der Waals surface area (Å²) < 4.78 is 0. The van der Waals surface area contributed by atoms with E-state index in [2.05, 4.69) is 5.32 Å². The van der Waals surface area contributed by atoms with Gasteiger partial charge in [-0.2, -0.15) is 0 Å². The van der Waals surface area contributed by atoms with Crippen LogP contribution in [-0.2, 0) is 37.0 Å². The van der Waals surface area contributed by atoms with Gasteiger partial charge in [0.15, 0.2) is 0 Å². The number of alkyl halides is 2. The molecule has 3 aliphatic carbocycles. The highest BCUT2D eigenvalue weighted by Gasteiger charge is 2.73. The number of anilines is 1. The predicted molar refractivity (Wildman–Crippen MR) is 163 cm³/mol. The first kappa shape index (κ1) is 26.9. The predicted octanol–water partition coefficient (Wildman–Crippen LogP) is 6.39. The summed E-state index contributed by atoms with van der Waals surface area (Å²) in [6, 6.07) is 30.9. The van der Waals surface area contributed by atoms with Crippen LogP contribution in [0.1, 0.15) is 40.3 Å². The van der Waals surface area contributed by atoms with Crippen LogP contribution in [0.25, 0.3) is 0 Å². The van der Waals surface area contributed by atoms with Crippen molar-refractivity contribution < 1.29 is 14.4 Å². The molecule has 1 fully saturated rings. The molecule has 3 amide bonds. The van der Waals surface area contributed by atoms with Crippen LogP contribution in [0.5, 0.6) is 0 Å². The van der Waals surface area contributed by atoms with E-state index in [-0.39, 0.29) is 6.42 Å². The van der Waals surface area contributed by atoms with Crippen LogP contribution in [0.15, 0.2) is 103 Å².